The van der Waals surface area contributed by atoms with Crippen molar-refractivity contribution >= 4 is 29.1 Å². The fraction of sp³-hybridized carbons (Fsp3) is 0.357. The van der Waals surface area contributed by atoms with Crippen molar-refractivity contribution in [1.29, 1.82) is 0 Å². The van der Waals surface area contributed by atoms with Gasteiger partial charge in [-0.05, 0) is 26.0 Å². The molecule has 0 aliphatic carbocycles. The Kier molecular flexibility index (Phi) is 6.47. The maximum Gasteiger partial charge on any atom is 0.380 e. The van der Waals surface area contributed by atoms with Gasteiger partial charge in [-0.3, -0.25) is 9.59 Å². The molecule has 0 aliphatic heterocycles. The number of hydrogen-bond acceptors (Lipinski definition) is 6. The Morgan fingerprint density at radius 2 is 1.85 bits per heavy atom. The van der Waals surface area contributed by atoms with E-state index in [-0.39, 0.29) is 23.9 Å². The van der Waals surface area contributed by atoms with Crippen LogP contribution in [0.25, 0.3) is 0 Å². The highest BCUT2D eigenvalue weighted by molar-refractivity contribution is 7.15. The van der Waals surface area contributed by atoms with E-state index < -0.39 is 11.8 Å². The molecule has 0 bridgehead atoms. The van der Waals surface area contributed by atoms with Crippen LogP contribution in [0, 0.1) is 11.8 Å². The van der Waals surface area contributed by atoms with Gasteiger partial charge in [0.1, 0.15) is 6.42 Å². The number of Topliss-reactive ketones (excluding diaryl/α,β-unsaturated/α-hetero) is 1. The van der Waals surface area contributed by atoms with Gasteiger partial charge in [-0.25, -0.2) is 4.79 Å². The number of carbonyl (C=O) groups is 3. The highest BCUT2D eigenvalue weighted by Gasteiger charge is 2.19. The zero-order chi connectivity index (χ0) is 15.0. The molecule has 0 aliphatic rings. The van der Waals surface area contributed by atoms with E-state index in [2.05, 4.69) is 16.6 Å². The molecule has 0 aromatic carbocycles. The molecular weight excluding hydrogens is 280 g/mol. The molecule has 0 fully saturated rings. The smallest absolute Gasteiger partial charge is 0.380 e. The Bertz CT molecular complexity index is 562. The van der Waals surface area contributed by atoms with Gasteiger partial charge in [-0.2, -0.15) is 0 Å². The SMILES string of the molecule is CCOC(=O)CC#Cc1ccc(C(=O)C(=O)OCC)s1. The van der Waals surface area contributed by atoms with Gasteiger partial charge in [0.25, 0.3) is 5.78 Å². The normalized spacial score (nSPS) is 9.30. The van der Waals surface area contributed by atoms with Crippen molar-refractivity contribution < 1.29 is 23.9 Å². The molecule has 1 rings (SSSR count). The molecule has 0 spiro atoms. The van der Waals surface area contributed by atoms with E-state index in [1.807, 2.05) is 0 Å². The summed E-state index contributed by atoms with van der Waals surface area (Å²) < 4.78 is 9.36. The largest absolute Gasteiger partial charge is 0.465 e. The van der Waals surface area contributed by atoms with Crippen molar-refractivity contribution in [2.45, 2.75) is 20.3 Å². The van der Waals surface area contributed by atoms with E-state index in [4.69, 9.17) is 4.74 Å². The minimum absolute atomic E-state index is 0.00705. The van der Waals surface area contributed by atoms with E-state index in [1.54, 1.807) is 19.9 Å². The maximum atomic E-state index is 11.6. The summed E-state index contributed by atoms with van der Waals surface area (Å²) in [6, 6.07) is 3.13. The topological polar surface area (TPSA) is 69.7 Å². The Hall–Kier alpha value is -2.13. The lowest BCUT2D eigenvalue weighted by Gasteiger charge is -1.97. The summed E-state index contributed by atoms with van der Waals surface area (Å²) >= 11 is 1.08. The van der Waals surface area contributed by atoms with Gasteiger partial charge in [0.2, 0.25) is 0 Å². The Morgan fingerprint density at radius 1 is 1.15 bits per heavy atom. The van der Waals surface area contributed by atoms with Gasteiger partial charge < -0.3 is 9.47 Å². The average Bonchev–Trinajstić information content (AvgIpc) is 2.87. The van der Waals surface area contributed by atoms with Crippen molar-refractivity contribution in [2.24, 2.45) is 0 Å². The fourth-order valence-electron chi connectivity index (χ4n) is 1.24. The summed E-state index contributed by atoms with van der Waals surface area (Å²) in [5.74, 6) is 3.45. The third kappa shape index (κ3) is 4.86. The van der Waals surface area contributed by atoms with Crippen LogP contribution >= 0.6 is 11.3 Å². The number of ketones is 1. The third-order valence-corrected chi connectivity index (χ3v) is 3.04. The van der Waals surface area contributed by atoms with E-state index in [9.17, 15) is 14.4 Å². The van der Waals surface area contributed by atoms with Crippen LogP contribution < -0.4 is 0 Å². The molecule has 20 heavy (non-hydrogen) atoms. The predicted molar refractivity (Wildman–Crippen MR) is 73.4 cm³/mol. The molecule has 1 aromatic rings. The summed E-state index contributed by atoms with van der Waals surface area (Å²) in [4.78, 5) is 34.8. The van der Waals surface area contributed by atoms with Gasteiger partial charge >= 0.3 is 11.9 Å². The molecule has 0 unspecified atom stereocenters. The first-order valence-electron chi connectivity index (χ1n) is 6.04. The Balaban J connectivity index is 2.64. The minimum atomic E-state index is -0.875. The lowest BCUT2D eigenvalue weighted by atomic mass is 10.3. The van der Waals surface area contributed by atoms with Crippen molar-refractivity contribution in [3.8, 4) is 11.8 Å². The molecular formula is C14H14O5S. The Labute approximate surface area is 120 Å². The zero-order valence-electron chi connectivity index (χ0n) is 11.2. The van der Waals surface area contributed by atoms with Crippen molar-refractivity contribution in [3.63, 3.8) is 0 Å². The van der Waals surface area contributed by atoms with Crippen LogP contribution in [0.2, 0.25) is 0 Å². The molecule has 0 saturated heterocycles. The number of thiophene rings is 1. The van der Waals surface area contributed by atoms with Crippen LogP contribution in [0.15, 0.2) is 12.1 Å². The maximum absolute atomic E-state index is 11.6. The zero-order valence-corrected chi connectivity index (χ0v) is 12.0. The highest BCUT2D eigenvalue weighted by atomic mass is 32.1. The van der Waals surface area contributed by atoms with Crippen LogP contribution in [-0.4, -0.2) is 30.9 Å². The van der Waals surface area contributed by atoms with E-state index in [0.717, 1.165) is 11.3 Å². The van der Waals surface area contributed by atoms with Gasteiger partial charge in [0.15, 0.2) is 0 Å². The van der Waals surface area contributed by atoms with Crippen LogP contribution in [0.4, 0.5) is 0 Å². The lowest BCUT2D eigenvalue weighted by molar-refractivity contribution is -0.142. The van der Waals surface area contributed by atoms with Crippen LogP contribution in [0.5, 0.6) is 0 Å². The first kappa shape index (κ1) is 15.9. The van der Waals surface area contributed by atoms with Crippen molar-refractivity contribution in [1.82, 2.24) is 0 Å². The second kappa shape index (κ2) is 8.12. The number of carbonyl (C=O) groups excluding carboxylic acids is 3. The van der Waals surface area contributed by atoms with Gasteiger partial charge in [-0.1, -0.05) is 11.8 Å². The van der Waals surface area contributed by atoms with Gasteiger partial charge in [-0.15, -0.1) is 11.3 Å². The first-order valence-corrected chi connectivity index (χ1v) is 6.85. The number of esters is 2. The van der Waals surface area contributed by atoms with Crippen molar-refractivity contribution in [2.75, 3.05) is 13.2 Å². The molecule has 1 aromatic heterocycles. The molecule has 0 saturated carbocycles. The monoisotopic (exact) mass is 294 g/mol. The minimum Gasteiger partial charge on any atom is -0.465 e. The fourth-order valence-corrected chi connectivity index (χ4v) is 2.05. The highest BCUT2D eigenvalue weighted by Crippen LogP contribution is 2.16. The summed E-state index contributed by atoms with van der Waals surface area (Å²) in [7, 11) is 0. The summed E-state index contributed by atoms with van der Waals surface area (Å²) in [6.07, 6.45) is -0.00705. The van der Waals surface area contributed by atoms with E-state index in [1.165, 1.54) is 6.07 Å². The van der Waals surface area contributed by atoms with Crippen LogP contribution in [-0.2, 0) is 19.1 Å². The number of ether oxygens (including phenoxy) is 2. The molecule has 106 valence electrons. The number of rotatable bonds is 5. The van der Waals surface area contributed by atoms with Gasteiger partial charge in [0.05, 0.1) is 23.0 Å². The molecule has 0 atom stereocenters. The summed E-state index contributed by atoms with van der Waals surface area (Å²) in [5.41, 5.74) is 0. The second-order valence-corrected chi connectivity index (χ2v) is 4.58. The average molecular weight is 294 g/mol. The molecule has 0 amide bonds. The molecule has 0 N–H and O–H groups in total. The molecule has 0 radical (unpaired) electrons. The summed E-state index contributed by atoms with van der Waals surface area (Å²) in [6.45, 7) is 3.82. The lowest BCUT2D eigenvalue weighted by Crippen LogP contribution is -2.16. The number of hydrogen-bond donors (Lipinski definition) is 0. The predicted octanol–water partition coefficient (Wildman–Crippen LogP) is 1.80. The third-order valence-electron chi connectivity index (χ3n) is 2.04. The van der Waals surface area contributed by atoms with Crippen molar-refractivity contribution in [3.05, 3.63) is 21.9 Å². The quantitative estimate of drug-likeness (QED) is 0.358. The molecule has 1 heterocycles. The second-order valence-electron chi connectivity index (χ2n) is 3.50. The summed E-state index contributed by atoms with van der Waals surface area (Å²) in [5, 5.41) is 0. The molecule has 5 nitrogen and oxygen atoms in total. The van der Waals surface area contributed by atoms with E-state index in [0.29, 0.717) is 11.5 Å². The standard InChI is InChI=1S/C14H14O5S/c1-3-18-12(15)7-5-6-10-8-9-11(20-10)13(16)14(17)19-4-2/h8-9H,3-4,7H2,1-2H3. The van der Waals surface area contributed by atoms with E-state index >= 15 is 0 Å². The Morgan fingerprint density at radius 3 is 2.50 bits per heavy atom. The van der Waals surface area contributed by atoms with Gasteiger partial charge in [0, 0.05) is 0 Å². The van der Waals surface area contributed by atoms with Crippen LogP contribution in [0.1, 0.15) is 34.8 Å². The van der Waals surface area contributed by atoms with Crippen LogP contribution in [0.3, 0.4) is 0 Å². The molecule has 6 heteroatoms. The first-order chi connectivity index (χ1) is 9.58.